The Morgan fingerprint density at radius 3 is 2.81 bits per heavy atom. The molecule has 21 heavy (non-hydrogen) atoms. The lowest BCUT2D eigenvalue weighted by Crippen LogP contribution is -2.29. The minimum Gasteiger partial charge on any atom is -0.454 e. The van der Waals surface area contributed by atoms with E-state index in [2.05, 4.69) is 16.0 Å². The van der Waals surface area contributed by atoms with Crippen LogP contribution in [0.5, 0.6) is 11.5 Å². The number of nitrogens with two attached hydrogens (primary N) is 1. The van der Waals surface area contributed by atoms with Gasteiger partial charge in [0.25, 0.3) is 0 Å². The van der Waals surface area contributed by atoms with Crippen molar-refractivity contribution in [3.05, 3.63) is 24.4 Å². The Morgan fingerprint density at radius 2 is 2.05 bits per heavy atom. The maximum absolute atomic E-state index is 5.68. The van der Waals surface area contributed by atoms with Crippen LogP contribution in [0.2, 0.25) is 0 Å². The number of pyridine rings is 1. The van der Waals surface area contributed by atoms with Gasteiger partial charge in [-0.05, 0) is 49.4 Å². The van der Waals surface area contributed by atoms with Gasteiger partial charge in [-0.2, -0.15) is 0 Å². The Labute approximate surface area is 123 Å². The number of anilines is 1. The molecule has 1 aromatic carbocycles. The van der Waals surface area contributed by atoms with Crippen LogP contribution in [0.3, 0.4) is 0 Å². The van der Waals surface area contributed by atoms with Gasteiger partial charge in [0, 0.05) is 24.2 Å². The smallest absolute Gasteiger partial charge is 0.231 e. The molecule has 2 aromatic rings. The lowest BCUT2D eigenvalue weighted by Gasteiger charge is -2.24. The van der Waals surface area contributed by atoms with Crippen LogP contribution in [-0.4, -0.2) is 30.9 Å². The van der Waals surface area contributed by atoms with Gasteiger partial charge in [-0.1, -0.05) is 0 Å². The summed E-state index contributed by atoms with van der Waals surface area (Å²) in [6, 6.07) is 6.73. The summed E-state index contributed by atoms with van der Waals surface area (Å²) in [5.74, 6) is 2.67. The maximum Gasteiger partial charge on any atom is 0.231 e. The van der Waals surface area contributed by atoms with Gasteiger partial charge >= 0.3 is 0 Å². The molecule has 110 valence electrons. The van der Waals surface area contributed by atoms with Gasteiger partial charge < -0.3 is 20.1 Å². The monoisotopic (exact) mass is 285 g/mol. The van der Waals surface area contributed by atoms with Crippen molar-refractivity contribution in [1.82, 2.24) is 4.98 Å². The van der Waals surface area contributed by atoms with Crippen LogP contribution in [0, 0.1) is 0 Å². The molecule has 1 aromatic heterocycles. The van der Waals surface area contributed by atoms with Crippen molar-refractivity contribution < 1.29 is 9.47 Å². The number of aromatic nitrogens is 1. The summed E-state index contributed by atoms with van der Waals surface area (Å²) in [5, 5.41) is 2.27. The van der Waals surface area contributed by atoms with Crippen molar-refractivity contribution in [3.63, 3.8) is 0 Å². The standard InChI is InChI=1S/C16H19N3O2/c17-5-1-7-19(12-2-3-12)16-13-9-15-14(20-10-21-15)8-11(13)4-6-18-16/h4,6,8-9,12H,1-3,5,7,10,17H2. The lowest BCUT2D eigenvalue weighted by atomic mass is 10.1. The molecule has 0 unspecified atom stereocenters. The second-order valence-electron chi connectivity index (χ2n) is 5.63. The molecule has 1 fully saturated rings. The Kier molecular flexibility index (Phi) is 3.07. The first-order chi connectivity index (χ1) is 10.4. The Balaban J connectivity index is 1.79. The predicted octanol–water partition coefficient (Wildman–Crippen LogP) is 2.28. The molecule has 0 radical (unpaired) electrons. The van der Waals surface area contributed by atoms with Gasteiger partial charge in [-0.15, -0.1) is 0 Å². The number of benzene rings is 1. The molecule has 0 bridgehead atoms. The van der Waals surface area contributed by atoms with Crippen molar-refractivity contribution in [2.45, 2.75) is 25.3 Å². The quantitative estimate of drug-likeness (QED) is 0.913. The summed E-state index contributed by atoms with van der Waals surface area (Å²) >= 11 is 0. The Bertz CT molecular complexity index is 670. The van der Waals surface area contributed by atoms with E-state index >= 15 is 0 Å². The van der Waals surface area contributed by atoms with Crippen LogP contribution in [0.4, 0.5) is 5.82 Å². The number of rotatable bonds is 5. The summed E-state index contributed by atoms with van der Waals surface area (Å²) in [5.41, 5.74) is 5.68. The van der Waals surface area contributed by atoms with Gasteiger partial charge in [0.05, 0.1) is 0 Å². The SMILES string of the molecule is NCCCN(c1nccc2cc3c(cc12)OCO3)C1CC1. The average molecular weight is 285 g/mol. The lowest BCUT2D eigenvalue weighted by molar-refractivity contribution is 0.174. The van der Waals surface area contributed by atoms with Crippen molar-refractivity contribution in [3.8, 4) is 11.5 Å². The molecule has 5 heteroatoms. The molecule has 2 heterocycles. The Morgan fingerprint density at radius 1 is 1.24 bits per heavy atom. The molecule has 1 aliphatic heterocycles. The van der Waals surface area contributed by atoms with E-state index in [9.17, 15) is 0 Å². The topological polar surface area (TPSA) is 60.6 Å². The second kappa shape index (κ2) is 5.07. The molecule has 4 rings (SSSR count). The van der Waals surface area contributed by atoms with Crippen molar-refractivity contribution >= 4 is 16.6 Å². The van der Waals surface area contributed by atoms with Crippen molar-refractivity contribution in [2.24, 2.45) is 5.73 Å². The largest absolute Gasteiger partial charge is 0.454 e. The van der Waals surface area contributed by atoms with Gasteiger partial charge in [0.2, 0.25) is 6.79 Å². The van der Waals surface area contributed by atoms with E-state index in [0.717, 1.165) is 41.1 Å². The first-order valence-electron chi connectivity index (χ1n) is 7.52. The molecule has 0 saturated heterocycles. The predicted molar refractivity (Wildman–Crippen MR) is 81.9 cm³/mol. The maximum atomic E-state index is 5.68. The van der Waals surface area contributed by atoms with E-state index in [-0.39, 0.29) is 0 Å². The molecule has 2 N–H and O–H groups in total. The summed E-state index contributed by atoms with van der Waals surface area (Å²) < 4.78 is 11.0. The van der Waals surface area contributed by atoms with Gasteiger partial charge in [0.1, 0.15) is 5.82 Å². The highest BCUT2D eigenvalue weighted by atomic mass is 16.7. The van der Waals surface area contributed by atoms with Gasteiger partial charge in [-0.3, -0.25) is 0 Å². The van der Waals surface area contributed by atoms with Crippen LogP contribution in [0.15, 0.2) is 24.4 Å². The van der Waals surface area contributed by atoms with E-state index < -0.39 is 0 Å². The van der Waals surface area contributed by atoms with E-state index in [1.807, 2.05) is 18.3 Å². The second-order valence-corrected chi connectivity index (χ2v) is 5.63. The molecule has 1 saturated carbocycles. The van der Waals surface area contributed by atoms with Crippen LogP contribution in [-0.2, 0) is 0 Å². The summed E-state index contributed by atoms with van der Waals surface area (Å²) in [4.78, 5) is 7.04. The number of nitrogens with zero attached hydrogens (tertiary/aromatic N) is 2. The molecule has 1 aliphatic carbocycles. The van der Waals surface area contributed by atoms with Crippen molar-refractivity contribution in [1.29, 1.82) is 0 Å². The van der Waals surface area contributed by atoms with Gasteiger partial charge in [0.15, 0.2) is 11.5 Å². The fourth-order valence-electron chi connectivity index (χ4n) is 2.89. The molecule has 0 atom stereocenters. The molecule has 5 nitrogen and oxygen atoms in total. The highest BCUT2D eigenvalue weighted by Gasteiger charge is 2.31. The third-order valence-electron chi connectivity index (χ3n) is 4.10. The van der Waals surface area contributed by atoms with Crippen LogP contribution >= 0.6 is 0 Å². The van der Waals surface area contributed by atoms with Crippen molar-refractivity contribution in [2.75, 3.05) is 24.8 Å². The third kappa shape index (κ3) is 2.27. The average Bonchev–Trinajstić information content (AvgIpc) is 3.24. The molecule has 0 amide bonds. The van der Waals surface area contributed by atoms with E-state index in [4.69, 9.17) is 15.2 Å². The number of hydrogen-bond acceptors (Lipinski definition) is 5. The fraction of sp³-hybridized carbons (Fsp3) is 0.438. The van der Waals surface area contributed by atoms with Crippen LogP contribution < -0.4 is 20.1 Å². The minimum absolute atomic E-state index is 0.300. The third-order valence-corrected chi connectivity index (χ3v) is 4.10. The minimum atomic E-state index is 0.300. The summed E-state index contributed by atoms with van der Waals surface area (Å²) in [7, 11) is 0. The highest BCUT2D eigenvalue weighted by molar-refractivity contribution is 5.95. The van der Waals surface area contributed by atoms with E-state index in [1.54, 1.807) is 0 Å². The molecule has 0 spiro atoms. The first-order valence-corrected chi connectivity index (χ1v) is 7.52. The van der Waals surface area contributed by atoms with Crippen LogP contribution in [0.1, 0.15) is 19.3 Å². The highest BCUT2D eigenvalue weighted by Crippen LogP contribution is 2.40. The number of hydrogen-bond donors (Lipinski definition) is 1. The summed E-state index contributed by atoms with van der Waals surface area (Å²) in [6.45, 7) is 1.97. The molecular formula is C16H19N3O2. The normalized spacial score (nSPS) is 16.4. The van der Waals surface area contributed by atoms with E-state index in [1.165, 1.54) is 12.8 Å². The molecular weight excluding hydrogens is 266 g/mol. The zero-order chi connectivity index (χ0) is 14.2. The molecule has 2 aliphatic rings. The van der Waals surface area contributed by atoms with Crippen LogP contribution in [0.25, 0.3) is 10.8 Å². The zero-order valence-electron chi connectivity index (χ0n) is 11.9. The number of ether oxygens (including phenoxy) is 2. The van der Waals surface area contributed by atoms with E-state index in [0.29, 0.717) is 19.4 Å². The Hall–Kier alpha value is -2.01. The number of fused-ring (bicyclic) bond motifs is 2. The summed E-state index contributed by atoms with van der Waals surface area (Å²) in [6.07, 6.45) is 5.34. The first kappa shape index (κ1) is 12.7. The fourth-order valence-corrected chi connectivity index (χ4v) is 2.89. The van der Waals surface area contributed by atoms with Gasteiger partial charge in [-0.25, -0.2) is 4.98 Å². The zero-order valence-corrected chi connectivity index (χ0v) is 11.9.